The minimum atomic E-state index is -4.60. The second-order valence-corrected chi connectivity index (χ2v) is 21.3. The monoisotopic (exact) mass is 935 g/mol. The zero-order valence-corrected chi connectivity index (χ0v) is 44.3. The summed E-state index contributed by atoms with van der Waals surface area (Å²) in [5.74, 6) is -0.212. The highest BCUT2D eigenvalue weighted by molar-refractivity contribution is 7.45. The number of quaternary nitrogens is 1. The van der Waals surface area contributed by atoms with Crippen molar-refractivity contribution in [3.63, 3.8) is 0 Å². The van der Waals surface area contributed by atoms with E-state index in [0.29, 0.717) is 17.4 Å². The molecule has 0 aliphatic rings. The van der Waals surface area contributed by atoms with Crippen molar-refractivity contribution in [2.45, 2.75) is 264 Å². The number of hydrogen-bond donors (Lipinski definition) is 2. The molecule has 2 N–H and O–H groups in total. The summed E-state index contributed by atoms with van der Waals surface area (Å²) in [6, 6.07) is -0.907. The number of allylic oxidation sites excluding steroid dienone is 7. The second kappa shape index (κ2) is 47.5. The smallest absolute Gasteiger partial charge is 0.268 e. The molecule has 0 saturated heterocycles. The van der Waals surface area contributed by atoms with Crippen LogP contribution in [-0.4, -0.2) is 68.5 Å². The Labute approximate surface area is 403 Å². The Kier molecular flexibility index (Phi) is 46.4. The number of aliphatic hydroxyl groups excluding tert-OH is 1. The van der Waals surface area contributed by atoms with Gasteiger partial charge < -0.3 is 28.8 Å². The lowest BCUT2D eigenvalue weighted by molar-refractivity contribution is -0.870. The largest absolute Gasteiger partial charge is 0.756 e. The number of likely N-dealkylation sites (N-methyl/N-ethyl adjacent to an activating group) is 1. The molecular weight excluding hydrogens is 828 g/mol. The van der Waals surface area contributed by atoms with Gasteiger partial charge >= 0.3 is 0 Å². The number of hydrogen-bond acceptors (Lipinski definition) is 6. The fourth-order valence-electron chi connectivity index (χ4n) is 7.95. The molecule has 0 spiro atoms. The van der Waals surface area contributed by atoms with Crippen molar-refractivity contribution in [1.82, 2.24) is 5.32 Å². The molecular formula is C56H107N2O6P. The van der Waals surface area contributed by atoms with E-state index in [1.807, 2.05) is 27.2 Å². The molecule has 9 heteroatoms. The second-order valence-electron chi connectivity index (χ2n) is 19.9. The number of carbonyl (C=O) groups excluding carboxylic acids is 1. The summed E-state index contributed by atoms with van der Waals surface area (Å²) in [6.07, 6.45) is 62.3. The lowest BCUT2D eigenvalue weighted by atomic mass is 10.0. The molecule has 382 valence electrons. The summed E-state index contributed by atoms with van der Waals surface area (Å²) in [5, 5.41) is 13.7. The van der Waals surface area contributed by atoms with E-state index >= 15 is 0 Å². The van der Waals surface area contributed by atoms with Crippen LogP contribution in [0.15, 0.2) is 48.6 Å². The normalized spacial score (nSPS) is 14.4. The molecule has 0 saturated carbocycles. The number of rotatable bonds is 50. The maximum atomic E-state index is 12.9. The SMILES string of the molecule is CC/C=C/CC/C=C/CC/C=C/C(O)C(COP(=O)([O-])OCC[N+](C)(C)C)NC(=O)CCCCCCCCCCCCCCCCCCC/C=C\CCCCCCCCCCCCCC. The molecule has 65 heavy (non-hydrogen) atoms. The Balaban J connectivity index is 3.95. The van der Waals surface area contributed by atoms with Gasteiger partial charge in [0.1, 0.15) is 13.2 Å². The molecule has 0 fully saturated rings. The number of carbonyl (C=O) groups is 1. The zero-order chi connectivity index (χ0) is 47.8. The van der Waals surface area contributed by atoms with Gasteiger partial charge in [-0.1, -0.05) is 229 Å². The van der Waals surface area contributed by atoms with E-state index in [9.17, 15) is 19.4 Å². The average molecular weight is 935 g/mol. The number of phosphoric ester groups is 1. The van der Waals surface area contributed by atoms with Gasteiger partial charge in [0.2, 0.25) is 5.91 Å². The average Bonchev–Trinajstić information content (AvgIpc) is 3.26. The summed E-state index contributed by atoms with van der Waals surface area (Å²) in [5.41, 5.74) is 0. The summed E-state index contributed by atoms with van der Waals surface area (Å²) in [6.45, 7) is 4.50. The van der Waals surface area contributed by atoms with Crippen LogP contribution in [0.1, 0.15) is 251 Å². The van der Waals surface area contributed by atoms with Crippen molar-refractivity contribution >= 4 is 13.7 Å². The predicted octanol–water partition coefficient (Wildman–Crippen LogP) is 15.7. The van der Waals surface area contributed by atoms with Crippen LogP contribution in [-0.2, 0) is 18.4 Å². The van der Waals surface area contributed by atoms with E-state index < -0.39 is 26.6 Å². The molecule has 0 aliphatic carbocycles. The van der Waals surface area contributed by atoms with Crippen molar-refractivity contribution < 1.29 is 32.9 Å². The molecule has 3 unspecified atom stereocenters. The Bertz CT molecular complexity index is 1200. The van der Waals surface area contributed by atoms with E-state index in [-0.39, 0.29) is 12.5 Å². The maximum Gasteiger partial charge on any atom is 0.268 e. The van der Waals surface area contributed by atoms with Crippen molar-refractivity contribution in [3.05, 3.63) is 48.6 Å². The van der Waals surface area contributed by atoms with Crippen LogP contribution in [0, 0.1) is 0 Å². The Morgan fingerprint density at radius 3 is 1.32 bits per heavy atom. The van der Waals surface area contributed by atoms with Gasteiger partial charge in [0.15, 0.2) is 0 Å². The minimum absolute atomic E-state index is 0.00927. The summed E-state index contributed by atoms with van der Waals surface area (Å²) in [7, 11) is 1.24. The zero-order valence-electron chi connectivity index (χ0n) is 43.4. The van der Waals surface area contributed by atoms with Gasteiger partial charge in [0.05, 0.1) is 39.9 Å². The van der Waals surface area contributed by atoms with Crippen molar-refractivity contribution in [1.29, 1.82) is 0 Å². The topological polar surface area (TPSA) is 108 Å². The number of nitrogens with zero attached hydrogens (tertiary/aromatic N) is 1. The summed E-state index contributed by atoms with van der Waals surface area (Å²) < 4.78 is 23.2. The first-order valence-corrected chi connectivity index (χ1v) is 29.0. The molecule has 8 nitrogen and oxygen atoms in total. The third kappa shape index (κ3) is 50.2. The first-order valence-electron chi connectivity index (χ1n) is 27.5. The number of phosphoric acid groups is 1. The fraction of sp³-hybridized carbons (Fsp3) is 0.839. The third-order valence-corrected chi connectivity index (χ3v) is 13.2. The molecule has 0 aromatic heterocycles. The Morgan fingerprint density at radius 2 is 0.908 bits per heavy atom. The highest BCUT2D eigenvalue weighted by Gasteiger charge is 2.23. The maximum absolute atomic E-state index is 12.9. The summed E-state index contributed by atoms with van der Waals surface area (Å²) >= 11 is 0. The first-order chi connectivity index (χ1) is 31.5. The molecule has 0 bridgehead atoms. The summed E-state index contributed by atoms with van der Waals surface area (Å²) in [4.78, 5) is 25.3. The lowest BCUT2D eigenvalue weighted by Crippen LogP contribution is -2.45. The molecule has 0 aliphatic heterocycles. The van der Waals surface area contributed by atoms with Crippen LogP contribution in [0.4, 0.5) is 0 Å². The molecule has 0 rings (SSSR count). The molecule has 3 atom stereocenters. The standard InChI is InChI=1S/C56H107N2O6P/c1-6-8-10-12-14-16-18-19-20-21-22-23-24-25-26-27-28-29-30-31-32-33-34-35-36-37-38-39-40-42-44-46-48-50-56(60)57-54(53-64-65(61,62)63-52-51-58(3,4)5)55(59)49-47-45-43-41-17-15-13-11-9-7-2/h9,11,17,25-26,41,47,49,54-55,59H,6-8,10,12-16,18-24,27-40,42-46,48,50-53H2,1-5H3,(H-,57,60,61,62)/b11-9+,26-25-,41-17+,49-47+. The van der Waals surface area contributed by atoms with Crippen LogP contribution in [0.25, 0.3) is 0 Å². The van der Waals surface area contributed by atoms with Gasteiger partial charge in [-0.25, -0.2) is 0 Å². The number of aliphatic hydroxyl groups is 1. The lowest BCUT2D eigenvalue weighted by Gasteiger charge is -2.29. The van der Waals surface area contributed by atoms with E-state index in [2.05, 4.69) is 55.6 Å². The predicted molar refractivity (Wildman–Crippen MR) is 279 cm³/mol. The molecule has 1 amide bonds. The van der Waals surface area contributed by atoms with Gasteiger partial charge in [-0.3, -0.25) is 9.36 Å². The molecule has 0 heterocycles. The van der Waals surface area contributed by atoms with Gasteiger partial charge in [0, 0.05) is 6.42 Å². The van der Waals surface area contributed by atoms with Gasteiger partial charge in [-0.15, -0.1) is 0 Å². The van der Waals surface area contributed by atoms with E-state index in [0.717, 1.165) is 51.4 Å². The number of nitrogens with one attached hydrogen (secondary N) is 1. The quantitative estimate of drug-likeness (QED) is 0.0272. The number of unbranched alkanes of at least 4 members (excludes halogenated alkanes) is 31. The van der Waals surface area contributed by atoms with Gasteiger partial charge in [-0.2, -0.15) is 0 Å². The molecule has 0 aromatic carbocycles. The van der Waals surface area contributed by atoms with Gasteiger partial charge in [-0.05, 0) is 64.2 Å². The van der Waals surface area contributed by atoms with Crippen LogP contribution in [0.3, 0.4) is 0 Å². The Hall–Kier alpha value is -1.54. The van der Waals surface area contributed by atoms with Gasteiger partial charge in [0.25, 0.3) is 7.82 Å². The first kappa shape index (κ1) is 63.5. The van der Waals surface area contributed by atoms with E-state index in [1.54, 1.807) is 6.08 Å². The highest BCUT2D eigenvalue weighted by atomic mass is 31.2. The van der Waals surface area contributed by atoms with Crippen molar-refractivity contribution in [3.8, 4) is 0 Å². The highest BCUT2D eigenvalue weighted by Crippen LogP contribution is 2.38. The third-order valence-electron chi connectivity index (χ3n) is 12.3. The Morgan fingerprint density at radius 1 is 0.538 bits per heavy atom. The van der Waals surface area contributed by atoms with Crippen LogP contribution in [0.2, 0.25) is 0 Å². The van der Waals surface area contributed by atoms with E-state index in [4.69, 9.17) is 9.05 Å². The van der Waals surface area contributed by atoms with Crippen LogP contribution >= 0.6 is 7.82 Å². The fourth-order valence-corrected chi connectivity index (χ4v) is 8.68. The van der Waals surface area contributed by atoms with Crippen molar-refractivity contribution in [2.24, 2.45) is 0 Å². The van der Waals surface area contributed by atoms with Crippen LogP contribution < -0.4 is 10.2 Å². The number of amides is 1. The van der Waals surface area contributed by atoms with E-state index in [1.165, 1.54) is 180 Å². The van der Waals surface area contributed by atoms with Crippen LogP contribution in [0.5, 0.6) is 0 Å². The van der Waals surface area contributed by atoms with Crippen molar-refractivity contribution in [2.75, 3.05) is 40.9 Å². The molecule has 0 radical (unpaired) electrons. The minimum Gasteiger partial charge on any atom is -0.756 e. The molecule has 0 aromatic rings.